The quantitative estimate of drug-likeness (QED) is 0.830. The predicted octanol–water partition coefficient (Wildman–Crippen LogP) is 0.673. The molecule has 0 saturated carbocycles. The number of ether oxygens (including phenoxy) is 1. The number of nitriles is 1. The van der Waals surface area contributed by atoms with E-state index in [1.54, 1.807) is 18.0 Å². The maximum Gasteiger partial charge on any atom is 0.323 e. The third-order valence-electron chi connectivity index (χ3n) is 3.65. The van der Waals surface area contributed by atoms with Crippen molar-refractivity contribution in [3.63, 3.8) is 0 Å². The number of nitrogens with one attached hydrogen (secondary N) is 1. The second kappa shape index (κ2) is 6.54. The summed E-state index contributed by atoms with van der Waals surface area (Å²) >= 11 is 0. The van der Waals surface area contributed by atoms with Crippen LogP contribution in [0.5, 0.6) is 0 Å². The summed E-state index contributed by atoms with van der Waals surface area (Å²) in [7, 11) is 3.09. The van der Waals surface area contributed by atoms with Gasteiger partial charge in [0.05, 0.1) is 18.7 Å². The molecule has 7 heteroatoms. The third kappa shape index (κ3) is 3.40. The predicted molar refractivity (Wildman–Crippen MR) is 75.4 cm³/mol. The minimum Gasteiger partial charge on any atom is -0.468 e. The van der Waals surface area contributed by atoms with Gasteiger partial charge in [0.1, 0.15) is 11.9 Å². The van der Waals surface area contributed by atoms with E-state index in [1.807, 2.05) is 0 Å². The third-order valence-corrected chi connectivity index (χ3v) is 3.65. The van der Waals surface area contributed by atoms with E-state index in [9.17, 15) is 14.0 Å². The molecule has 0 aliphatic carbocycles. The number of halogens is 1. The molecule has 1 aliphatic rings. The van der Waals surface area contributed by atoms with Gasteiger partial charge in [0.25, 0.3) is 5.91 Å². The number of amides is 1. The van der Waals surface area contributed by atoms with Crippen molar-refractivity contribution in [1.82, 2.24) is 10.2 Å². The van der Waals surface area contributed by atoms with Crippen LogP contribution in [0, 0.1) is 17.1 Å². The Morgan fingerprint density at radius 3 is 2.82 bits per heavy atom. The van der Waals surface area contributed by atoms with Gasteiger partial charge in [-0.3, -0.25) is 14.5 Å². The minimum absolute atomic E-state index is 0.0840. The van der Waals surface area contributed by atoms with Crippen LogP contribution in [0.15, 0.2) is 18.2 Å². The van der Waals surface area contributed by atoms with Crippen LogP contribution in [-0.2, 0) is 9.53 Å². The first kappa shape index (κ1) is 15.9. The lowest BCUT2D eigenvalue weighted by molar-refractivity contribution is -0.145. The summed E-state index contributed by atoms with van der Waals surface area (Å²) in [6.45, 7) is 0.492. The number of carbonyl (C=O) groups is 2. The Balaban J connectivity index is 2.06. The van der Waals surface area contributed by atoms with E-state index in [0.717, 1.165) is 12.1 Å². The van der Waals surface area contributed by atoms with Crippen molar-refractivity contribution in [2.45, 2.75) is 18.5 Å². The lowest BCUT2D eigenvalue weighted by Gasteiger charge is -2.15. The smallest absolute Gasteiger partial charge is 0.323 e. The van der Waals surface area contributed by atoms with Crippen LogP contribution >= 0.6 is 0 Å². The van der Waals surface area contributed by atoms with E-state index in [-0.39, 0.29) is 23.1 Å². The molecule has 0 radical (unpaired) electrons. The number of methoxy groups -OCH3 is 1. The second-order valence-corrected chi connectivity index (χ2v) is 5.23. The summed E-state index contributed by atoms with van der Waals surface area (Å²) in [5.41, 5.74) is 0.168. The molecule has 1 aromatic rings. The maximum atomic E-state index is 13.4. The van der Waals surface area contributed by atoms with Crippen molar-refractivity contribution in [3.05, 3.63) is 35.1 Å². The Bertz CT molecular complexity index is 641. The lowest BCUT2D eigenvalue weighted by Crippen LogP contribution is -2.36. The molecule has 116 valence electrons. The van der Waals surface area contributed by atoms with Gasteiger partial charge in [0.15, 0.2) is 0 Å². The number of rotatable bonds is 3. The zero-order valence-electron chi connectivity index (χ0n) is 12.3. The van der Waals surface area contributed by atoms with E-state index < -0.39 is 17.8 Å². The highest BCUT2D eigenvalue weighted by molar-refractivity contribution is 5.94. The zero-order valence-corrected chi connectivity index (χ0v) is 12.3. The van der Waals surface area contributed by atoms with Gasteiger partial charge in [-0.2, -0.15) is 5.26 Å². The summed E-state index contributed by atoms with van der Waals surface area (Å²) < 4.78 is 18.1. The number of likely N-dealkylation sites (N-methyl/N-ethyl adjacent to an activating group) is 1. The Morgan fingerprint density at radius 1 is 1.45 bits per heavy atom. The highest BCUT2D eigenvalue weighted by Gasteiger charge is 2.35. The second-order valence-electron chi connectivity index (χ2n) is 5.23. The van der Waals surface area contributed by atoms with Crippen LogP contribution in [0.1, 0.15) is 22.3 Å². The number of nitrogens with zero attached hydrogens (tertiary/aromatic N) is 2. The maximum absolute atomic E-state index is 13.4. The Morgan fingerprint density at radius 2 is 2.18 bits per heavy atom. The lowest BCUT2D eigenvalue weighted by atomic mass is 10.1. The van der Waals surface area contributed by atoms with Crippen LogP contribution in [0.4, 0.5) is 4.39 Å². The summed E-state index contributed by atoms with van der Waals surface area (Å²) in [5, 5.41) is 11.6. The summed E-state index contributed by atoms with van der Waals surface area (Å²) in [6.07, 6.45) is 0.426. The number of hydrogen-bond acceptors (Lipinski definition) is 5. The van der Waals surface area contributed by atoms with Gasteiger partial charge in [-0.25, -0.2) is 4.39 Å². The first-order chi connectivity index (χ1) is 10.4. The van der Waals surface area contributed by atoms with Gasteiger partial charge in [0.2, 0.25) is 0 Å². The van der Waals surface area contributed by atoms with E-state index in [0.29, 0.717) is 13.0 Å². The minimum atomic E-state index is -0.639. The topological polar surface area (TPSA) is 82.4 Å². The summed E-state index contributed by atoms with van der Waals surface area (Å²) in [4.78, 5) is 25.5. The average molecular weight is 305 g/mol. The Hall–Kier alpha value is -2.46. The van der Waals surface area contributed by atoms with Crippen LogP contribution in [0.3, 0.4) is 0 Å². The van der Waals surface area contributed by atoms with E-state index in [2.05, 4.69) is 5.32 Å². The molecule has 1 amide bonds. The molecule has 1 N–H and O–H groups in total. The average Bonchev–Trinajstić information content (AvgIpc) is 2.86. The summed E-state index contributed by atoms with van der Waals surface area (Å²) in [6, 6.07) is 4.63. The first-order valence-corrected chi connectivity index (χ1v) is 6.74. The SMILES string of the molecule is COC(=O)[C@@H]1C[C@@H](NC(=O)c2cc(F)cc(C#N)c2)CN1C. The molecule has 1 saturated heterocycles. The molecular formula is C15H16FN3O3. The van der Waals surface area contributed by atoms with Gasteiger partial charge in [-0.15, -0.1) is 0 Å². The highest BCUT2D eigenvalue weighted by Crippen LogP contribution is 2.18. The van der Waals surface area contributed by atoms with Crippen LogP contribution in [0.2, 0.25) is 0 Å². The fourth-order valence-electron chi connectivity index (χ4n) is 2.57. The summed E-state index contributed by atoms with van der Waals surface area (Å²) in [5.74, 6) is -1.46. The number of benzene rings is 1. The van der Waals surface area contributed by atoms with E-state index in [4.69, 9.17) is 10.00 Å². The molecule has 22 heavy (non-hydrogen) atoms. The molecule has 1 heterocycles. The fraction of sp³-hybridized carbons (Fsp3) is 0.400. The van der Waals surface area contributed by atoms with Crippen molar-refractivity contribution in [2.75, 3.05) is 20.7 Å². The Kier molecular flexibility index (Phi) is 4.73. The van der Waals surface area contributed by atoms with Crippen molar-refractivity contribution in [1.29, 1.82) is 5.26 Å². The number of carbonyl (C=O) groups excluding carboxylic acids is 2. The van der Waals surface area contributed by atoms with Gasteiger partial charge in [-0.1, -0.05) is 0 Å². The number of likely N-dealkylation sites (tertiary alicyclic amines) is 1. The van der Waals surface area contributed by atoms with E-state index in [1.165, 1.54) is 13.2 Å². The van der Waals surface area contributed by atoms with Crippen LogP contribution in [-0.4, -0.2) is 49.6 Å². The van der Waals surface area contributed by atoms with Gasteiger partial charge >= 0.3 is 5.97 Å². The molecular weight excluding hydrogens is 289 g/mol. The largest absolute Gasteiger partial charge is 0.468 e. The Labute approximate surface area is 127 Å². The molecule has 0 aromatic heterocycles. The zero-order chi connectivity index (χ0) is 16.3. The monoisotopic (exact) mass is 305 g/mol. The van der Waals surface area contributed by atoms with Crippen molar-refractivity contribution >= 4 is 11.9 Å². The van der Waals surface area contributed by atoms with Crippen molar-refractivity contribution in [2.24, 2.45) is 0 Å². The fourth-order valence-corrected chi connectivity index (χ4v) is 2.57. The molecule has 0 bridgehead atoms. The molecule has 6 nitrogen and oxygen atoms in total. The first-order valence-electron chi connectivity index (χ1n) is 6.74. The molecule has 1 aliphatic heterocycles. The van der Waals surface area contributed by atoms with Crippen LogP contribution in [0.25, 0.3) is 0 Å². The van der Waals surface area contributed by atoms with Crippen molar-refractivity contribution < 1.29 is 18.7 Å². The van der Waals surface area contributed by atoms with Gasteiger partial charge < -0.3 is 10.1 Å². The normalized spacial score (nSPS) is 21.2. The molecule has 0 spiro atoms. The van der Waals surface area contributed by atoms with E-state index >= 15 is 0 Å². The number of esters is 1. The molecule has 1 fully saturated rings. The molecule has 1 aromatic carbocycles. The standard InChI is InChI=1S/C15H16FN3O3/c1-19-8-12(6-13(19)15(21)22-2)18-14(20)10-3-9(7-17)4-11(16)5-10/h3-5,12-13H,6,8H2,1-2H3,(H,18,20)/t12-,13+/m1/s1. The number of hydrogen-bond donors (Lipinski definition) is 1. The molecule has 0 unspecified atom stereocenters. The molecule has 2 atom stereocenters. The van der Waals surface area contributed by atoms with Crippen molar-refractivity contribution in [3.8, 4) is 6.07 Å². The van der Waals surface area contributed by atoms with Gasteiger partial charge in [-0.05, 0) is 31.7 Å². The molecule has 2 rings (SSSR count). The highest BCUT2D eigenvalue weighted by atomic mass is 19.1. The van der Waals surface area contributed by atoms with Crippen LogP contribution < -0.4 is 5.32 Å². The van der Waals surface area contributed by atoms with Gasteiger partial charge in [0, 0.05) is 18.2 Å².